The SMILES string of the molecule is C[C@@H](c1ccc2scnc2c1)N1CCc2ccc(O)cc2CC1. The smallest absolute Gasteiger partial charge is 0.115 e. The molecule has 1 aliphatic rings. The van der Waals surface area contributed by atoms with Gasteiger partial charge >= 0.3 is 0 Å². The first-order valence-electron chi connectivity index (χ1n) is 8.09. The Balaban J connectivity index is 1.56. The molecule has 0 saturated carbocycles. The molecular formula is C19H20N2OS. The average molecular weight is 324 g/mol. The number of thiazole rings is 1. The van der Waals surface area contributed by atoms with E-state index in [0.717, 1.165) is 31.4 Å². The number of phenols is 1. The van der Waals surface area contributed by atoms with Gasteiger partial charge in [-0.2, -0.15) is 0 Å². The lowest BCUT2D eigenvalue weighted by Gasteiger charge is -2.28. The molecule has 0 amide bonds. The molecule has 118 valence electrons. The number of phenolic OH excluding ortho intramolecular Hbond substituents is 1. The molecule has 0 unspecified atom stereocenters. The van der Waals surface area contributed by atoms with Crippen LogP contribution in [0.25, 0.3) is 10.2 Å². The Hall–Kier alpha value is -1.91. The molecule has 0 spiro atoms. The van der Waals surface area contributed by atoms with Crippen LogP contribution in [0.15, 0.2) is 41.9 Å². The Kier molecular flexibility index (Phi) is 3.79. The maximum Gasteiger partial charge on any atom is 0.115 e. The largest absolute Gasteiger partial charge is 0.508 e. The Labute approximate surface area is 140 Å². The van der Waals surface area contributed by atoms with Gasteiger partial charge in [0.1, 0.15) is 5.75 Å². The standard InChI is InChI=1S/C19H20N2OS/c1-13(15-3-5-19-18(11-15)20-12-23-19)21-8-6-14-2-4-17(22)10-16(14)7-9-21/h2-5,10-13,22H,6-9H2,1H3/t13-/m0/s1. The molecule has 2 aromatic carbocycles. The lowest BCUT2D eigenvalue weighted by Crippen LogP contribution is -2.29. The lowest BCUT2D eigenvalue weighted by molar-refractivity contribution is 0.221. The molecule has 1 atom stereocenters. The van der Waals surface area contributed by atoms with Crippen molar-refractivity contribution < 1.29 is 5.11 Å². The zero-order valence-corrected chi connectivity index (χ0v) is 14.0. The molecule has 4 heteroatoms. The van der Waals surface area contributed by atoms with E-state index in [1.165, 1.54) is 21.4 Å². The number of hydrogen-bond donors (Lipinski definition) is 1. The fraction of sp³-hybridized carbons (Fsp3) is 0.316. The molecule has 23 heavy (non-hydrogen) atoms. The summed E-state index contributed by atoms with van der Waals surface area (Å²) in [6, 6.07) is 12.8. The molecule has 3 nitrogen and oxygen atoms in total. The number of rotatable bonds is 2. The number of aromatic hydroxyl groups is 1. The van der Waals surface area contributed by atoms with Crippen molar-refractivity contribution in [2.24, 2.45) is 0 Å². The van der Waals surface area contributed by atoms with Crippen LogP contribution in [-0.4, -0.2) is 28.1 Å². The van der Waals surface area contributed by atoms with Crippen LogP contribution >= 0.6 is 11.3 Å². The van der Waals surface area contributed by atoms with Crippen LogP contribution in [0.3, 0.4) is 0 Å². The molecule has 1 aromatic heterocycles. The quantitative estimate of drug-likeness (QED) is 0.769. The number of aromatic nitrogens is 1. The minimum absolute atomic E-state index is 0.374. The van der Waals surface area contributed by atoms with E-state index in [1.807, 2.05) is 11.6 Å². The molecular weight excluding hydrogens is 304 g/mol. The summed E-state index contributed by atoms with van der Waals surface area (Å²) in [4.78, 5) is 6.97. The summed E-state index contributed by atoms with van der Waals surface area (Å²) in [6.45, 7) is 4.35. The highest BCUT2D eigenvalue weighted by Gasteiger charge is 2.20. The third-order valence-corrected chi connectivity index (χ3v) is 5.72. The van der Waals surface area contributed by atoms with Gasteiger partial charge in [0.2, 0.25) is 0 Å². The second kappa shape index (κ2) is 5.95. The van der Waals surface area contributed by atoms with Crippen LogP contribution in [0.5, 0.6) is 5.75 Å². The maximum absolute atomic E-state index is 9.69. The second-order valence-electron chi connectivity index (χ2n) is 6.24. The predicted molar refractivity (Wildman–Crippen MR) is 95.1 cm³/mol. The summed E-state index contributed by atoms with van der Waals surface area (Å²) >= 11 is 1.69. The molecule has 4 rings (SSSR count). The zero-order chi connectivity index (χ0) is 15.8. The van der Waals surface area contributed by atoms with Crippen LogP contribution in [0.4, 0.5) is 0 Å². The van der Waals surface area contributed by atoms with Crippen molar-refractivity contribution in [3.8, 4) is 5.75 Å². The topological polar surface area (TPSA) is 36.4 Å². The fourth-order valence-electron chi connectivity index (χ4n) is 3.46. The molecule has 0 aliphatic carbocycles. The molecule has 0 saturated heterocycles. The van der Waals surface area contributed by atoms with Gasteiger partial charge in [-0.05, 0) is 60.7 Å². The van der Waals surface area contributed by atoms with Crippen LogP contribution in [0, 0.1) is 0 Å². The number of hydrogen-bond acceptors (Lipinski definition) is 4. The molecule has 1 N–H and O–H groups in total. The first-order valence-corrected chi connectivity index (χ1v) is 8.96. The minimum Gasteiger partial charge on any atom is -0.508 e. The molecule has 3 aromatic rings. The van der Waals surface area contributed by atoms with E-state index in [0.29, 0.717) is 11.8 Å². The van der Waals surface area contributed by atoms with Gasteiger partial charge in [0.05, 0.1) is 15.7 Å². The van der Waals surface area contributed by atoms with Crippen molar-refractivity contribution in [1.29, 1.82) is 0 Å². The van der Waals surface area contributed by atoms with Gasteiger partial charge in [-0.15, -0.1) is 11.3 Å². The van der Waals surface area contributed by atoms with Crippen LogP contribution < -0.4 is 0 Å². The maximum atomic E-state index is 9.69. The minimum atomic E-state index is 0.374. The summed E-state index contributed by atoms with van der Waals surface area (Å²) < 4.78 is 1.25. The number of benzene rings is 2. The van der Waals surface area contributed by atoms with Gasteiger partial charge in [0.15, 0.2) is 0 Å². The van der Waals surface area contributed by atoms with E-state index in [2.05, 4.69) is 41.1 Å². The van der Waals surface area contributed by atoms with Gasteiger partial charge in [-0.25, -0.2) is 4.98 Å². The average Bonchev–Trinajstić information content (AvgIpc) is 2.93. The lowest BCUT2D eigenvalue weighted by atomic mass is 10.0. The van der Waals surface area contributed by atoms with Gasteiger partial charge in [0.25, 0.3) is 0 Å². The van der Waals surface area contributed by atoms with Gasteiger partial charge in [0, 0.05) is 19.1 Å². The Morgan fingerprint density at radius 3 is 2.78 bits per heavy atom. The van der Waals surface area contributed by atoms with Crippen molar-refractivity contribution in [3.05, 3.63) is 58.6 Å². The van der Waals surface area contributed by atoms with Crippen molar-refractivity contribution >= 4 is 21.6 Å². The Bertz CT molecular complexity index is 842. The van der Waals surface area contributed by atoms with Crippen LogP contribution in [0.2, 0.25) is 0 Å². The van der Waals surface area contributed by atoms with E-state index < -0.39 is 0 Å². The molecule has 2 heterocycles. The van der Waals surface area contributed by atoms with Crippen molar-refractivity contribution in [2.75, 3.05) is 13.1 Å². The molecule has 0 radical (unpaired) electrons. The highest BCUT2D eigenvalue weighted by atomic mass is 32.1. The highest BCUT2D eigenvalue weighted by molar-refractivity contribution is 7.16. The Morgan fingerprint density at radius 1 is 1.09 bits per heavy atom. The summed E-state index contributed by atoms with van der Waals surface area (Å²) in [5, 5.41) is 9.69. The fourth-order valence-corrected chi connectivity index (χ4v) is 4.12. The zero-order valence-electron chi connectivity index (χ0n) is 13.2. The molecule has 1 aliphatic heterocycles. The second-order valence-corrected chi connectivity index (χ2v) is 7.13. The summed E-state index contributed by atoms with van der Waals surface area (Å²) in [7, 11) is 0. The van der Waals surface area contributed by atoms with E-state index in [1.54, 1.807) is 17.4 Å². The Morgan fingerprint density at radius 2 is 1.91 bits per heavy atom. The van der Waals surface area contributed by atoms with Gasteiger partial charge < -0.3 is 5.11 Å². The first-order chi connectivity index (χ1) is 11.2. The predicted octanol–water partition coefficient (Wildman–Crippen LogP) is 4.16. The summed E-state index contributed by atoms with van der Waals surface area (Å²) in [6.07, 6.45) is 2.03. The summed E-state index contributed by atoms with van der Waals surface area (Å²) in [5.74, 6) is 0.374. The van der Waals surface area contributed by atoms with E-state index in [-0.39, 0.29) is 0 Å². The highest BCUT2D eigenvalue weighted by Crippen LogP contribution is 2.28. The third-order valence-electron chi connectivity index (χ3n) is 4.91. The molecule has 0 bridgehead atoms. The monoisotopic (exact) mass is 324 g/mol. The van der Waals surface area contributed by atoms with E-state index >= 15 is 0 Å². The normalized spacial score (nSPS) is 16.9. The first kappa shape index (κ1) is 14.7. The number of nitrogens with zero attached hydrogens (tertiary/aromatic N) is 2. The van der Waals surface area contributed by atoms with Crippen LogP contribution in [-0.2, 0) is 12.8 Å². The van der Waals surface area contributed by atoms with E-state index in [9.17, 15) is 5.11 Å². The van der Waals surface area contributed by atoms with E-state index in [4.69, 9.17) is 0 Å². The third kappa shape index (κ3) is 2.84. The number of fused-ring (bicyclic) bond motifs is 2. The van der Waals surface area contributed by atoms with Gasteiger partial charge in [-0.1, -0.05) is 12.1 Å². The molecule has 0 fully saturated rings. The van der Waals surface area contributed by atoms with Crippen molar-refractivity contribution in [2.45, 2.75) is 25.8 Å². The van der Waals surface area contributed by atoms with Gasteiger partial charge in [-0.3, -0.25) is 4.90 Å². The van der Waals surface area contributed by atoms with Crippen molar-refractivity contribution in [1.82, 2.24) is 9.88 Å². The summed E-state index contributed by atoms with van der Waals surface area (Å²) in [5.41, 5.74) is 7.00. The van der Waals surface area contributed by atoms with Crippen LogP contribution in [0.1, 0.15) is 29.7 Å². The van der Waals surface area contributed by atoms with Crippen molar-refractivity contribution in [3.63, 3.8) is 0 Å².